The van der Waals surface area contributed by atoms with Gasteiger partial charge in [0.2, 0.25) is 10.0 Å². The lowest BCUT2D eigenvalue weighted by Gasteiger charge is -2.11. The molecule has 0 atom stereocenters. The van der Waals surface area contributed by atoms with Gasteiger partial charge in [0.25, 0.3) is 5.91 Å². The van der Waals surface area contributed by atoms with Crippen LogP contribution in [-0.4, -0.2) is 48.4 Å². The van der Waals surface area contributed by atoms with E-state index in [-0.39, 0.29) is 23.0 Å². The van der Waals surface area contributed by atoms with Crippen molar-refractivity contribution in [2.45, 2.75) is 0 Å². The van der Waals surface area contributed by atoms with Gasteiger partial charge < -0.3 is 9.57 Å². The number of ether oxygens (including phenoxy) is 1. The number of oxime groups is 1. The molecule has 126 valence electrons. The number of carbonyl (C=O) groups is 1. The monoisotopic (exact) mass is 351 g/mol. The van der Waals surface area contributed by atoms with Gasteiger partial charge in [0, 0.05) is 0 Å². The predicted octanol–water partition coefficient (Wildman–Crippen LogP) is 0.0902. The van der Waals surface area contributed by atoms with Crippen LogP contribution in [0.25, 0.3) is 0 Å². The molecule has 0 radical (unpaired) electrons. The number of para-hydroxylation sites is 1. The Morgan fingerprint density at radius 3 is 2.50 bits per heavy atom. The number of carbonyl (C=O) groups excluding carboxylic acids is 1. The van der Waals surface area contributed by atoms with Crippen molar-refractivity contribution in [3.63, 3.8) is 0 Å². The van der Waals surface area contributed by atoms with Crippen LogP contribution in [0.4, 0.5) is 0 Å². The highest BCUT2D eigenvalue weighted by molar-refractivity contribution is 7.89. The molecule has 0 aliphatic carbocycles. The van der Waals surface area contributed by atoms with Gasteiger partial charge in [-0.2, -0.15) is 9.97 Å². The Hall–Kier alpha value is -3.08. The number of benzene rings is 1. The third-order valence-corrected chi connectivity index (χ3v) is 3.05. The fourth-order valence-electron chi connectivity index (χ4n) is 1.65. The van der Waals surface area contributed by atoms with Crippen molar-refractivity contribution in [2.75, 3.05) is 13.4 Å². The summed E-state index contributed by atoms with van der Waals surface area (Å²) in [6.45, 7) is 0. The first-order valence-corrected chi connectivity index (χ1v) is 8.32. The van der Waals surface area contributed by atoms with Crippen LogP contribution in [0, 0.1) is 0 Å². The SMILES string of the molecule is CO/N=C(/C(=O)NS(C)(=O)=O)c1ccccc1Oc1ncncn1. The molecule has 0 unspecified atom stereocenters. The van der Waals surface area contributed by atoms with Crippen molar-refractivity contribution in [2.24, 2.45) is 5.16 Å². The van der Waals surface area contributed by atoms with Crippen LogP contribution in [0.1, 0.15) is 5.56 Å². The fourth-order valence-corrected chi connectivity index (χ4v) is 2.09. The van der Waals surface area contributed by atoms with Crippen molar-refractivity contribution >= 4 is 21.6 Å². The van der Waals surface area contributed by atoms with E-state index in [0.29, 0.717) is 0 Å². The van der Waals surface area contributed by atoms with Crippen LogP contribution in [0.15, 0.2) is 42.1 Å². The van der Waals surface area contributed by atoms with Crippen LogP contribution in [0.3, 0.4) is 0 Å². The summed E-state index contributed by atoms with van der Waals surface area (Å²) in [6.07, 6.45) is 3.33. The average Bonchev–Trinajstić information content (AvgIpc) is 2.53. The molecule has 1 N–H and O–H groups in total. The maximum atomic E-state index is 12.2. The first kappa shape index (κ1) is 17.3. The highest BCUT2D eigenvalue weighted by Crippen LogP contribution is 2.23. The number of hydrogen-bond donors (Lipinski definition) is 1. The number of nitrogens with one attached hydrogen (secondary N) is 1. The lowest BCUT2D eigenvalue weighted by Crippen LogP contribution is -2.36. The zero-order valence-corrected chi connectivity index (χ0v) is 13.5. The number of aromatic nitrogens is 3. The quantitative estimate of drug-likeness (QED) is 0.572. The molecule has 0 aliphatic heterocycles. The van der Waals surface area contributed by atoms with Gasteiger partial charge >= 0.3 is 6.01 Å². The van der Waals surface area contributed by atoms with Crippen molar-refractivity contribution in [1.82, 2.24) is 19.7 Å². The Morgan fingerprint density at radius 1 is 1.21 bits per heavy atom. The molecule has 1 aromatic carbocycles. The molecule has 2 rings (SSSR count). The molecule has 0 spiro atoms. The maximum absolute atomic E-state index is 12.2. The van der Waals surface area contributed by atoms with E-state index in [1.807, 2.05) is 4.72 Å². The zero-order chi connectivity index (χ0) is 17.6. The van der Waals surface area contributed by atoms with Gasteiger partial charge in [-0.1, -0.05) is 17.3 Å². The molecule has 0 fully saturated rings. The third kappa shape index (κ3) is 4.71. The molecule has 2 aromatic rings. The summed E-state index contributed by atoms with van der Waals surface area (Å²) in [5, 5.41) is 3.59. The van der Waals surface area contributed by atoms with E-state index in [4.69, 9.17) is 4.74 Å². The van der Waals surface area contributed by atoms with Crippen LogP contribution >= 0.6 is 0 Å². The molecule has 1 amide bonds. The van der Waals surface area contributed by atoms with Gasteiger partial charge in [-0.3, -0.25) is 4.79 Å². The van der Waals surface area contributed by atoms with Gasteiger partial charge in [-0.25, -0.2) is 18.1 Å². The van der Waals surface area contributed by atoms with E-state index in [9.17, 15) is 13.2 Å². The van der Waals surface area contributed by atoms with E-state index >= 15 is 0 Å². The van der Waals surface area contributed by atoms with E-state index in [0.717, 1.165) is 6.26 Å². The molecule has 0 saturated carbocycles. The van der Waals surface area contributed by atoms with E-state index in [1.165, 1.54) is 31.9 Å². The minimum atomic E-state index is -3.78. The van der Waals surface area contributed by atoms with Crippen molar-refractivity contribution in [1.29, 1.82) is 0 Å². The zero-order valence-electron chi connectivity index (χ0n) is 12.7. The Kier molecular flexibility index (Phi) is 5.37. The highest BCUT2D eigenvalue weighted by atomic mass is 32.2. The summed E-state index contributed by atoms with van der Waals surface area (Å²) in [5.41, 5.74) is -0.0894. The number of rotatable bonds is 6. The topological polar surface area (TPSA) is 133 Å². The number of nitrogens with zero attached hydrogens (tertiary/aromatic N) is 4. The van der Waals surface area contributed by atoms with Crippen molar-refractivity contribution in [3.8, 4) is 11.8 Å². The molecule has 10 nitrogen and oxygen atoms in total. The summed E-state index contributed by atoms with van der Waals surface area (Å²) < 4.78 is 29.9. The van der Waals surface area contributed by atoms with Gasteiger partial charge in [-0.15, -0.1) is 0 Å². The Labute approximate surface area is 137 Å². The summed E-state index contributed by atoms with van der Waals surface area (Å²) in [5.74, 6) is -0.783. The van der Waals surface area contributed by atoms with Crippen LogP contribution in [-0.2, 0) is 19.7 Å². The minimum absolute atomic E-state index is 0.00209. The van der Waals surface area contributed by atoms with E-state index < -0.39 is 15.9 Å². The fraction of sp³-hybridized carbons (Fsp3) is 0.154. The van der Waals surface area contributed by atoms with Gasteiger partial charge in [0.1, 0.15) is 25.5 Å². The molecule has 1 aromatic heterocycles. The lowest BCUT2D eigenvalue weighted by atomic mass is 10.1. The Balaban J connectivity index is 2.41. The first-order valence-electron chi connectivity index (χ1n) is 6.43. The van der Waals surface area contributed by atoms with Gasteiger partial charge in [0.15, 0.2) is 5.71 Å². The highest BCUT2D eigenvalue weighted by Gasteiger charge is 2.22. The number of amides is 1. The Morgan fingerprint density at radius 2 is 1.88 bits per heavy atom. The van der Waals surface area contributed by atoms with Gasteiger partial charge in [-0.05, 0) is 12.1 Å². The molecular formula is C13H13N5O5S. The lowest BCUT2D eigenvalue weighted by molar-refractivity contribution is -0.113. The predicted molar refractivity (Wildman–Crippen MR) is 82.9 cm³/mol. The second-order valence-corrected chi connectivity index (χ2v) is 6.09. The number of sulfonamides is 1. The molecular weight excluding hydrogens is 338 g/mol. The van der Waals surface area contributed by atoms with Crippen LogP contribution in [0.2, 0.25) is 0 Å². The number of hydrogen-bond acceptors (Lipinski definition) is 9. The first-order chi connectivity index (χ1) is 11.4. The molecule has 24 heavy (non-hydrogen) atoms. The molecule has 1 heterocycles. The van der Waals surface area contributed by atoms with Crippen molar-refractivity contribution in [3.05, 3.63) is 42.5 Å². The standard InChI is InChI=1S/C13H13N5O5S/c1-22-17-11(12(19)18-24(2,20)21)9-5-3-4-6-10(9)23-13-15-7-14-8-16-13/h3-8H,1-2H3,(H,18,19)/b17-11+. The van der Waals surface area contributed by atoms with E-state index in [2.05, 4.69) is 24.9 Å². The average molecular weight is 351 g/mol. The largest absolute Gasteiger partial charge is 0.423 e. The Bertz CT molecular complexity index is 854. The molecule has 11 heteroatoms. The normalized spacial score (nSPS) is 11.7. The second kappa shape index (κ2) is 7.46. The second-order valence-electron chi connectivity index (χ2n) is 4.34. The summed E-state index contributed by atoms with van der Waals surface area (Å²) >= 11 is 0. The summed E-state index contributed by atoms with van der Waals surface area (Å²) in [7, 11) is -2.55. The van der Waals surface area contributed by atoms with Crippen LogP contribution < -0.4 is 9.46 Å². The van der Waals surface area contributed by atoms with E-state index in [1.54, 1.807) is 12.1 Å². The van der Waals surface area contributed by atoms with Gasteiger partial charge in [0.05, 0.1) is 11.8 Å². The molecule has 0 aliphatic rings. The van der Waals surface area contributed by atoms with Crippen LogP contribution in [0.5, 0.6) is 11.8 Å². The van der Waals surface area contributed by atoms with Crippen molar-refractivity contribution < 1.29 is 22.8 Å². The minimum Gasteiger partial charge on any atom is -0.423 e. The molecule has 0 bridgehead atoms. The third-order valence-electron chi connectivity index (χ3n) is 2.49. The maximum Gasteiger partial charge on any atom is 0.324 e. The summed E-state index contributed by atoms with van der Waals surface area (Å²) in [4.78, 5) is 28.1. The molecule has 0 saturated heterocycles. The summed E-state index contributed by atoms with van der Waals surface area (Å²) in [6, 6.07) is 6.32. The smallest absolute Gasteiger partial charge is 0.324 e.